The van der Waals surface area contributed by atoms with Crippen LogP contribution in [-0.2, 0) is 11.2 Å². The van der Waals surface area contributed by atoms with Gasteiger partial charge in [-0.15, -0.1) is 0 Å². The number of Topliss-reactive ketones (excluding diaryl/α,β-unsaturated/α-hetero) is 1. The van der Waals surface area contributed by atoms with Crippen molar-refractivity contribution in [3.05, 3.63) is 54.4 Å². The van der Waals surface area contributed by atoms with Gasteiger partial charge in [-0.1, -0.05) is 42.5 Å². The summed E-state index contributed by atoms with van der Waals surface area (Å²) >= 11 is 0. The van der Waals surface area contributed by atoms with Crippen molar-refractivity contribution in [1.82, 2.24) is 0 Å². The summed E-state index contributed by atoms with van der Waals surface area (Å²) in [7, 11) is 0. The second-order valence-corrected chi connectivity index (χ2v) is 4.37. The molecule has 0 atom stereocenters. The number of ketones is 1. The molecule has 0 unspecified atom stereocenters. The fourth-order valence-corrected chi connectivity index (χ4v) is 2.03. The molecular formula is C16H17O. The molecule has 0 aromatic heterocycles. The monoisotopic (exact) mass is 225 g/mol. The summed E-state index contributed by atoms with van der Waals surface area (Å²) in [5, 5.41) is 2.60. The highest BCUT2D eigenvalue weighted by Crippen LogP contribution is 2.20. The Morgan fingerprint density at radius 1 is 1.12 bits per heavy atom. The Bertz CT molecular complexity index is 508. The molecule has 0 aliphatic carbocycles. The Morgan fingerprint density at radius 2 is 1.88 bits per heavy atom. The number of carbonyl (C=O) groups excluding carboxylic acids is 1. The Morgan fingerprint density at radius 3 is 2.71 bits per heavy atom. The molecular weight excluding hydrogens is 208 g/mol. The third-order valence-corrected chi connectivity index (χ3v) is 2.94. The summed E-state index contributed by atoms with van der Waals surface area (Å²) in [6.07, 6.45) is 4.67. The van der Waals surface area contributed by atoms with E-state index in [1.165, 1.54) is 16.3 Å². The first-order chi connectivity index (χ1) is 8.27. The van der Waals surface area contributed by atoms with Crippen molar-refractivity contribution in [3.8, 4) is 0 Å². The van der Waals surface area contributed by atoms with Gasteiger partial charge in [0.2, 0.25) is 0 Å². The second-order valence-electron chi connectivity index (χ2n) is 4.37. The molecule has 0 aliphatic rings. The van der Waals surface area contributed by atoms with Crippen molar-refractivity contribution < 1.29 is 4.79 Å². The molecule has 0 N–H and O–H groups in total. The Labute approximate surface area is 102 Å². The van der Waals surface area contributed by atoms with Crippen LogP contribution in [0.25, 0.3) is 10.8 Å². The number of unbranched alkanes of at least 4 members (excludes halogenated alkanes) is 1. The fraction of sp³-hybridized carbons (Fsp3) is 0.250. The minimum absolute atomic E-state index is 0.263. The maximum atomic E-state index is 10.8. The van der Waals surface area contributed by atoms with Crippen LogP contribution in [0.5, 0.6) is 0 Å². The summed E-state index contributed by atoms with van der Waals surface area (Å²) in [5.74, 6) is 0.263. The summed E-state index contributed by atoms with van der Waals surface area (Å²) < 4.78 is 0. The standard InChI is InChI=1S/C16H17O/c1-13(17)7-2-3-8-14-10-6-11-15-9-4-5-12-16(14)15/h3-6,9-12H,2,7-8H2,1H3. The molecule has 1 heteroatoms. The molecule has 2 aromatic rings. The van der Waals surface area contributed by atoms with E-state index in [1.54, 1.807) is 6.92 Å². The molecule has 17 heavy (non-hydrogen) atoms. The van der Waals surface area contributed by atoms with Crippen LogP contribution in [0.2, 0.25) is 0 Å². The number of hydrogen-bond donors (Lipinski definition) is 0. The predicted molar refractivity (Wildman–Crippen MR) is 71.9 cm³/mol. The zero-order chi connectivity index (χ0) is 12.1. The van der Waals surface area contributed by atoms with E-state index in [0.29, 0.717) is 6.42 Å². The van der Waals surface area contributed by atoms with Crippen LogP contribution in [0.4, 0.5) is 0 Å². The van der Waals surface area contributed by atoms with Crippen LogP contribution in [0.15, 0.2) is 42.5 Å². The van der Waals surface area contributed by atoms with Crippen LogP contribution >= 0.6 is 0 Å². The van der Waals surface area contributed by atoms with E-state index < -0.39 is 0 Å². The highest BCUT2D eigenvalue weighted by atomic mass is 16.1. The average molecular weight is 225 g/mol. The van der Waals surface area contributed by atoms with Gasteiger partial charge in [0.1, 0.15) is 5.78 Å². The van der Waals surface area contributed by atoms with Gasteiger partial charge in [-0.25, -0.2) is 0 Å². The molecule has 0 amide bonds. The molecule has 0 saturated heterocycles. The van der Waals surface area contributed by atoms with Crippen LogP contribution in [-0.4, -0.2) is 5.78 Å². The summed E-state index contributed by atoms with van der Waals surface area (Å²) in [4.78, 5) is 10.8. The van der Waals surface area contributed by atoms with Gasteiger partial charge >= 0.3 is 0 Å². The van der Waals surface area contributed by atoms with Crippen molar-refractivity contribution in [2.45, 2.75) is 26.2 Å². The van der Waals surface area contributed by atoms with Gasteiger partial charge in [0.15, 0.2) is 0 Å². The first-order valence-electron chi connectivity index (χ1n) is 6.05. The van der Waals surface area contributed by atoms with Crippen LogP contribution in [0, 0.1) is 6.42 Å². The predicted octanol–water partition coefficient (Wildman–Crippen LogP) is 3.96. The number of benzene rings is 2. The smallest absolute Gasteiger partial charge is 0.129 e. The second kappa shape index (κ2) is 5.62. The molecule has 0 heterocycles. The zero-order valence-electron chi connectivity index (χ0n) is 10.1. The van der Waals surface area contributed by atoms with Gasteiger partial charge in [0.05, 0.1) is 0 Å². The van der Waals surface area contributed by atoms with E-state index >= 15 is 0 Å². The molecule has 0 saturated carbocycles. The van der Waals surface area contributed by atoms with Gasteiger partial charge < -0.3 is 4.79 Å². The molecule has 0 fully saturated rings. The lowest BCUT2D eigenvalue weighted by Gasteiger charge is -2.05. The van der Waals surface area contributed by atoms with Crippen molar-refractivity contribution >= 4 is 16.6 Å². The van der Waals surface area contributed by atoms with E-state index in [-0.39, 0.29) is 5.78 Å². The van der Waals surface area contributed by atoms with Crippen molar-refractivity contribution in [1.29, 1.82) is 0 Å². The highest BCUT2D eigenvalue weighted by molar-refractivity contribution is 5.85. The Kier molecular flexibility index (Phi) is 3.92. The Balaban J connectivity index is 2.05. The van der Waals surface area contributed by atoms with Gasteiger partial charge in [-0.2, -0.15) is 0 Å². The van der Waals surface area contributed by atoms with Gasteiger partial charge in [-0.3, -0.25) is 0 Å². The zero-order valence-corrected chi connectivity index (χ0v) is 10.1. The molecule has 0 spiro atoms. The van der Waals surface area contributed by atoms with Crippen LogP contribution in [0.3, 0.4) is 0 Å². The van der Waals surface area contributed by atoms with Gasteiger partial charge in [0.25, 0.3) is 0 Å². The summed E-state index contributed by atoms with van der Waals surface area (Å²) in [6, 6.07) is 14.8. The number of hydrogen-bond acceptors (Lipinski definition) is 1. The van der Waals surface area contributed by atoms with E-state index in [0.717, 1.165) is 12.8 Å². The first kappa shape index (κ1) is 11.8. The highest BCUT2D eigenvalue weighted by Gasteiger charge is 2.00. The SMILES string of the molecule is CC(=O)CC[CH]Cc1cccc2ccccc12. The lowest BCUT2D eigenvalue weighted by Crippen LogP contribution is -1.93. The van der Waals surface area contributed by atoms with Gasteiger partial charge in [0, 0.05) is 6.42 Å². The van der Waals surface area contributed by atoms with E-state index in [2.05, 4.69) is 48.9 Å². The first-order valence-corrected chi connectivity index (χ1v) is 6.05. The van der Waals surface area contributed by atoms with Crippen molar-refractivity contribution in [2.24, 2.45) is 0 Å². The number of fused-ring (bicyclic) bond motifs is 1. The largest absolute Gasteiger partial charge is 0.300 e. The minimum atomic E-state index is 0.263. The molecule has 0 bridgehead atoms. The lowest BCUT2D eigenvalue weighted by molar-refractivity contribution is -0.116. The molecule has 0 aliphatic heterocycles. The molecule has 1 nitrogen and oxygen atoms in total. The van der Waals surface area contributed by atoms with E-state index in [1.807, 2.05) is 0 Å². The lowest BCUT2D eigenvalue weighted by atomic mass is 9.99. The van der Waals surface area contributed by atoms with Crippen molar-refractivity contribution in [3.63, 3.8) is 0 Å². The van der Waals surface area contributed by atoms with Crippen molar-refractivity contribution in [2.75, 3.05) is 0 Å². The maximum Gasteiger partial charge on any atom is 0.129 e. The fourth-order valence-electron chi connectivity index (χ4n) is 2.03. The topological polar surface area (TPSA) is 17.1 Å². The van der Waals surface area contributed by atoms with Gasteiger partial charge in [-0.05, 0) is 42.5 Å². The van der Waals surface area contributed by atoms with E-state index in [4.69, 9.17) is 0 Å². The summed E-state index contributed by atoms with van der Waals surface area (Å²) in [6.45, 7) is 1.64. The number of rotatable bonds is 5. The van der Waals surface area contributed by atoms with Crippen LogP contribution in [0.1, 0.15) is 25.3 Å². The number of carbonyl (C=O) groups is 1. The average Bonchev–Trinajstić information content (AvgIpc) is 2.34. The quantitative estimate of drug-likeness (QED) is 0.704. The van der Waals surface area contributed by atoms with Crippen LogP contribution < -0.4 is 0 Å². The molecule has 87 valence electrons. The van der Waals surface area contributed by atoms with E-state index in [9.17, 15) is 4.79 Å². The normalized spacial score (nSPS) is 10.6. The molecule has 2 rings (SSSR count). The molecule has 1 radical (unpaired) electrons. The third kappa shape index (κ3) is 3.16. The Hall–Kier alpha value is -1.63. The maximum absolute atomic E-state index is 10.8. The minimum Gasteiger partial charge on any atom is -0.300 e. The third-order valence-electron chi connectivity index (χ3n) is 2.94. The molecule has 2 aromatic carbocycles. The summed E-state index contributed by atoms with van der Waals surface area (Å²) in [5.41, 5.74) is 1.34.